The van der Waals surface area contributed by atoms with Crippen molar-refractivity contribution >= 4 is 10.4 Å². The van der Waals surface area contributed by atoms with E-state index in [1.54, 1.807) is 0 Å². The van der Waals surface area contributed by atoms with Gasteiger partial charge in [0, 0.05) is 0 Å². The number of hydrogen-bond donors (Lipinski definition) is 1. The summed E-state index contributed by atoms with van der Waals surface area (Å²) in [7, 11) is -4.30. The maximum Gasteiger partial charge on any atom is 0.397 e. The van der Waals surface area contributed by atoms with Crippen molar-refractivity contribution in [3.8, 4) is 0 Å². The fraction of sp³-hybridized carbons (Fsp3) is 1.00. The zero-order chi connectivity index (χ0) is 16.0. The molecule has 0 spiro atoms. The summed E-state index contributed by atoms with van der Waals surface area (Å²) >= 11 is 0. The average Bonchev–Trinajstić information content (AvgIpc) is 2.42. The molecule has 0 saturated heterocycles. The van der Waals surface area contributed by atoms with Crippen LogP contribution in [0.25, 0.3) is 0 Å². The molecule has 0 bridgehead atoms. The van der Waals surface area contributed by atoms with E-state index in [9.17, 15) is 8.42 Å². The van der Waals surface area contributed by atoms with Gasteiger partial charge >= 0.3 is 10.4 Å². The quantitative estimate of drug-likeness (QED) is 0.335. The van der Waals surface area contributed by atoms with E-state index in [1.807, 2.05) is 0 Å². The van der Waals surface area contributed by atoms with Gasteiger partial charge in [-0.2, -0.15) is 8.42 Å². The van der Waals surface area contributed by atoms with Crippen molar-refractivity contribution in [2.24, 2.45) is 5.92 Å². The lowest BCUT2D eigenvalue weighted by Crippen LogP contribution is -2.14. The molecule has 0 aliphatic heterocycles. The van der Waals surface area contributed by atoms with Gasteiger partial charge in [-0.1, -0.05) is 78.1 Å². The first-order valence-corrected chi connectivity index (χ1v) is 9.98. The maximum atomic E-state index is 10.7. The van der Waals surface area contributed by atoms with Crippen molar-refractivity contribution in [1.29, 1.82) is 0 Å². The van der Waals surface area contributed by atoms with Crippen molar-refractivity contribution in [1.82, 2.24) is 0 Å². The van der Waals surface area contributed by atoms with Gasteiger partial charge in [-0.25, -0.2) is 4.18 Å². The summed E-state index contributed by atoms with van der Waals surface area (Å²) in [6.45, 7) is 4.51. The monoisotopic (exact) mass is 322 g/mol. The highest BCUT2D eigenvalue weighted by Gasteiger charge is 2.13. The van der Waals surface area contributed by atoms with Crippen LogP contribution in [0, 0.1) is 5.92 Å². The Hall–Kier alpha value is -0.130. The zero-order valence-corrected chi connectivity index (χ0v) is 14.7. The van der Waals surface area contributed by atoms with Gasteiger partial charge in [0.15, 0.2) is 0 Å². The van der Waals surface area contributed by atoms with E-state index in [4.69, 9.17) is 4.55 Å². The van der Waals surface area contributed by atoms with Gasteiger partial charge in [-0.05, 0) is 18.8 Å². The molecule has 0 aliphatic carbocycles. The van der Waals surface area contributed by atoms with Crippen LogP contribution in [0.5, 0.6) is 0 Å². The van der Waals surface area contributed by atoms with E-state index < -0.39 is 10.4 Å². The third-order valence-electron chi connectivity index (χ3n) is 3.88. The molecule has 0 aromatic rings. The Labute approximate surface area is 131 Å². The highest BCUT2D eigenvalue weighted by Crippen LogP contribution is 2.19. The molecule has 0 aromatic carbocycles. The first-order valence-electron chi connectivity index (χ1n) is 8.61. The minimum Gasteiger partial charge on any atom is -0.264 e. The predicted molar refractivity (Wildman–Crippen MR) is 87.7 cm³/mol. The number of hydrogen-bond acceptors (Lipinski definition) is 3. The molecule has 0 heterocycles. The fourth-order valence-corrected chi connectivity index (χ4v) is 2.93. The molecule has 1 N–H and O–H groups in total. The van der Waals surface area contributed by atoms with Crippen molar-refractivity contribution in [2.75, 3.05) is 6.61 Å². The van der Waals surface area contributed by atoms with Gasteiger partial charge in [-0.3, -0.25) is 4.55 Å². The van der Waals surface area contributed by atoms with Crippen LogP contribution in [0.3, 0.4) is 0 Å². The van der Waals surface area contributed by atoms with Crippen molar-refractivity contribution in [2.45, 2.75) is 90.9 Å². The Morgan fingerprint density at radius 2 is 1.24 bits per heavy atom. The Balaban J connectivity index is 3.91. The van der Waals surface area contributed by atoms with Crippen LogP contribution in [0.4, 0.5) is 0 Å². The first kappa shape index (κ1) is 20.9. The molecule has 0 unspecified atom stereocenters. The standard InChI is InChI=1S/C16H34O4S/c1-3-5-7-9-11-13-16(15-20-21(17,18)19)14-12-10-8-6-4-2/h16H,3-15H2,1-2H3,(H,17,18,19). The van der Waals surface area contributed by atoms with Crippen molar-refractivity contribution in [3.63, 3.8) is 0 Å². The van der Waals surface area contributed by atoms with Crippen LogP contribution >= 0.6 is 0 Å². The predicted octanol–water partition coefficient (Wildman–Crippen LogP) is 5.14. The molecule has 0 fully saturated rings. The summed E-state index contributed by atoms with van der Waals surface area (Å²) in [5.41, 5.74) is 0. The molecule has 21 heavy (non-hydrogen) atoms. The summed E-state index contributed by atoms with van der Waals surface area (Å²) in [6, 6.07) is 0. The molecule has 4 nitrogen and oxygen atoms in total. The molecule has 0 atom stereocenters. The molecule has 0 rings (SSSR count). The van der Waals surface area contributed by atoms with Crippen molar-refractivity contribution < 1.29 is 17.2 Å². The number of unbranched alkanes of at least 4 members (excludes halogenated alkanes) is 8. The lowest BCUT2D eigenvalue weighted by Gasteiger charge is -2.16. The summed E-state index contributed by atoms with van der Waals surface area (Å²) in [6.07, 6.45) is 14.1. The maximum absolute atomic E-state index is 10.7. The second-order valence-corrected chi connectivity index (χ2v) is 7.08. The van der Waals surface area contributed by atoms with E-state index in [2.05, 4.69) is 18.0 Å². The Bertz CT molecular complexity index is 300. The molecule has 0 aromatic heterocycles. The fourth-order valence-electron chi connectivity index (χ4n) is 2.57. The smallest absolute Gasteiger partial charge is 0.264 e. The van der Waals surface area contributed by atoms with Gasteiger partial charge in [0.2, 0.25) is 0 Å². The van der Waals surface area contributed by atoms with Gasteiger partial charge in [0.25, 0.3) is 0 Å². The summed E-state index contributed by atoms with van der Waals surface area (Å²) in [5.74, 6) is 0.246. The normalized spacial score (nSPS) is 12.2. The zero-order valence-electron chi connectivity index (χ0n) is 13.8. The summed E-state index contributed by atoms with van der Waals surface area (Å²) in [5, 5.41) is 0. The Morgan fingerprint density at radius 1 is 0.810 bits per heavy atom. The lowest BCUT2D eigenvalue weighted by molar-refractivity contribution is 0.204. The molecule has 0 saturated carbocycles. The third kappa shape index (κ3) is 16.1. The molecular formula is C16H34O4S. The Morgan fingerprint density at radius 3 is 1.62 bits per heavy atom. The van der Waals surface area contributed by atoms with Crippen LogP contribution in [0.1, 0.15) is 90.9 Å². The van der Waals surface area contributed by atoms with Crippen LogP contribution in [0.15, 0.2) is 0 Å². The first-order chi connectivity index (χ1) is 9.99. The molecule has 0 radical (unpaired) electrons. The van der Waals surface area contributed by atoms with E-state index in [0.717, 1.165) is 25.7 Å². The highest BCUT2D eigenvalue weighted by molar-refractivity contribution is 7.80. The van der Waals surface area contributed by atoms with E-state index in [-0.39, 0.29) is 12.5 Å². The van der Waals surface area contributed by atoms with Gasteiger partial charge < -0.3 is 0 Å². The van der Waals surface area contributed by atoms with Crippen LogP contribution < -0.4 is 0 Å². The molecule has 128 valence electrons. The van der Waals surface area contributed by atoms with E-state index >= 15 is 0 Å². The average molecular weight is 323 g/mol. The molecular weight excluding hydrogens is 288 g/mol. The molecule has 0 amide bonds. The van der Waals surface area contributed by atoms with Gasteiger partial charge in [0.1, 0.15) is 0 Å². The SMILES string of the molecule is CCCCCCCC(CCCCCCC)COS(=O)(=O)O. The largest absolute Gasteiger partial charge is 0.397 e. The second-order valence-electron chi connectivity index (χ2n) is 5.98. The molecule has 0 aliphatic rings. The van der Waals surface area contributed by atoms with Crippen LogP contribution in [0.2, 0.25) is 0 Å². The highest BCUT2D eigenvalue weighted by atomic mass is 32.3. The third-order valence-corrected chi connectivity index (χ3v) is 4.32. The minimum absolute atomic E-state index is 0.125. The summed E-state index contributed by atoms with van der Waals surface area (Å²) in [4.78, 5) is 0. The van der Waals surface area contributed by atoms with Gasteiger partial charge in [-0.15, -0.1) is 0 Å². The summed E-state index contributed by atoms with van der Waals surface area (Å²) < 4.78 is 34.7. The van der Waals surface area contributed by atoms with Crippen molar-refractivity contribution in [3.05, 3.63) is 0 Å². The lowest BCUT2D eigenvalue weighted by atomic mass is 9.95. The minimum atomic E-state index is -4.30. The van der Waals surface area contributed by atoms with Gasteiger partial charge in [0.05, 0.1) is 6.61 Å². The molecule has 5 heteroatoms. The van der Waals surface area contributed by atoms with Crippen LogP contribution in [-0.2, 0) is 14.6 Å². The second kappa shape index (κ2) is 13.5. The number of rotatable bonds is 15. The van der Waals surface area contributed by atoms with E-state index in [0.29, 0.717) is 0 Å². The topological polar surface area (TPSA) is 63.6 Å². The van der Waals surface area contributed by atoms with Crippen LogP contribution in [-0.4, -0.2) is 19.6 Å². The Kier molecular flexibility index (Phi) is 13.4. The van der Waals surface area contributed by atoms with E-state index in [1.165, 1.54) is 51.4 Å².